The minimum absolute atomic E-state index is 0.0465. The number of carbonyl (C=O) groups is 2. The van der Waals surface area contributed by atoms with Crippen molar-refractivity contribution in [2.45, 2.75) is 30.0 Å². The molecule has 0 radical (unpaired) electrons. The highest BCUT2D eigenvalue weighted by atomic mass is 32.2. The van der Waals surface area contributed by atoms with Crippen molar-refractivity contribution in [3.63, 3.8) is 0 Å². The molecule has 0 aliphatic carbocycles. The van der Waals surface area contributed by atoms with Gasteiger partial charge < -0.3 is 15.2 Å². The van der Waals surface area contributed by atoms with Gasteiger partial charge in [-0.05, 0) is 65.2 Å². The molecule has 1 aliphatic heterocycles. The maximum Gasteiger partial charge on any atom is 0.416 e. The lowest BCUT2D eigenvalue weighted by Crippen LogP contribution is -2.48. The maximum absolute atomic E-state index is 14.4. The first-order chi connectivity index (χ1) is 21.3. The number of para-hydroxylation sites is 1. The molecule has 1 atom stereocenters. The van der Waals surface area contributed by atoms with Crippen LogP contribution in [0.25, 0.3) is 11.1 Å². The van der Waals surface area contributed by atoms with Crippen molar-refractivity contribution in [2.75, 3.05) is 17.5 Å². The van der Waals surface area contributed by atoms with Gasteiger partial charge in [0, 0.05) is 12.0 Å². The summed E-state index contributed by atoms with van der Waals surface area (Å²) < 4.78 is 88.4. The molecule has 0 aromatic heterocycles. The average molecular weight is 643 g/mol. The van der Waals surface area contributed by atoms with E-state index in [0.29, 0.717) is 40.8 Å². The van der Waals surface area contributed by atoms with Gasteiger partial charge in [0.2, 0.25) is 5.91 Å². The highest BCUT2D eigenvalue weighted by Crippen LogP contribution is 2.38. The van der Waals surface area contributed by atoms with Crippen LogP contribution in [0.5, 0.6) is 5.75 Å². The first kappa shape index (κ1) is 31.5. The predicted molar refractivity (Wildman–Crippen MR) is 157 cm³/mol. The monoisotopic (exact) mass is 642 g/mol. The Labute approximate surface area is 255 Å². The lowest BCUT2D eigenvalue weighted by atomic mass is 10.0. The van der Waals surface area contributed by atoms with E-state index in [-0.39, 0.29) is 42.0 Å². The quantitative estimate of drug-likeness (QED) is 0.176. The van der Waals surface area contributed by atoms with E-state index in [2.05, 4.69) is 5.32 Å². The maximum atomic E-state index is 14.4. The summed E-state index contributed by atoms with van der Waals surface area (Å²) in [5.74, 6) is -1.97. The number of carboxylic acids is 1. The molecule has 4 aromatic carbocycles. The van der Waals surface area contributed by atoms with Crippen molar-refractivity contribution >= 4 is 27.6 Å². The van der Waals surface area contributed by atoms with E-state index in [9.17, 15) is 35.6 Å². The number of amides is 1. The molecule has 13 heteroatoms. The van der Waals surface area contributed by atoms with Gasteiger partial charge in [0.15, 0.2) is 0 Å². The van der Waals surface area contributed by atoms with E-state index in [1.165, 1.54) is 12.1 Å². The van der Waals surface area contributed by atoms with E-state index < -0.39 is 45.5 Å². The molecule has 2 N–H and O–H groups in total. The lowest BCUT2D eigenvalue weighted by Gasteiger charge is -2.26. The van der Waals surface area contributed by atoms with Crippen LogP contribution in [0, 0.1) is 5.82 Å². The molecule has 0 saturated carbocycles. The number of benzene rings is 4. The van der Waals surface area contributed by atoms with Crippen LogP contribution in [0.3, 0.4) is 0 Å². The van der Waals surface area contributed by atoms with E-state index in [0.717, 1.165) is 16.4 Å². The number of rotatable bonds is 10. The van der Waals surface area contributed by atoms with Gasteiger partial charge in [-0.25, -0.2) is 12.8 Å². The number of sulfonamides is 1. The minimum Gasteiger partial charge on any atom is -0.492 e. The Hall–Kier alpha value is -4.91. The molecule has 0 fully saturated rings. The van der Waals surface area contributed by atoms with Gasteiger partial charge in [0.05, 0.1) is 29.1 Å². The highest BCUT2D eigenvalue weighted by molar-refractivity contribution is 7.93. The first-order valence-corrected chi connectivity index (χ1v) is 15.1. The molecule has 0 bridgehead atoms. The number of carbonyl (C=O) groups excluding carboxylic acids is 1. The number of hydrogen-bond donors (Lipinski definition) is 2. The summed E-state index contributed by atoms with van der Waals surface area (Å²) in [4.78, 5) is 23.9. The van der Waals surface area contributed by atoms with Gasteiger partial charge in [0.1, 0.15) is 24.2 Å². The average Bonchev–Trinajstić information content (AvgIpc) is 3.40. The SMILES string of the molecule is O=C(O)Cc1ccc(OCCNC(=O)[C@@H]2Cc3ccccc3N2S(=O)(=O)c2ccc(-c3cc(C(F)(F)F)ccc3F)cc2)cc1. The molecule has 1 heterocycles. The van der Waals surface area contributed by atoms with Crippen LogP contribution in [-0.4, -0.2) is 44.6 Å². The number of alkyl halides is 3. The van der Waals surface area contributed by atoms with Crippen LogP contribution in [0.2, 0.25) is 0 Å². The Balaban J connectivity index is 1.31. The van der Waals surface area contributed by atoms with Gasteiger partial charge in [0.25, 0.3) is 10.0 Å². The molecule has 1 amide bonds. The van der Waals surface area contributed by atoms with Crippen LogP contribution in [0.4, 0.5) is 23.2 Å². The Morgan fingerprint density at radius 1 is 0.956 bits per heavy atom. The second kappa shape index (κ2) is 12.6. The molecule has 4 aromatic rings. The standard InChI is InChI=1S/C32H26F4N2O6S/c33-27-14-9-23(32(34,35)36)19-26(27)21-7-12-25(13-8-21)45(42,43)38-28-4-2-1-3-22(28)18-29(38)31(41)37-15-16-44-24-10-5-20(6-11-24)17-30(39)40/h1-14,19,29H,15-18H2,(H,37,41)(H,39,40)/t29-/m0/s1. The molecule has 1 aliphatic rings. The van der Waals surface area contributed by atoms with Crippen molar-refractivity contribution in [1.82, 2.24) is 5.32 Å². The zero-order valence-corrected chi connectivity index (χ0v) is 24.2. The number of halogens is 4. The molecule has 0 unspecified atom stereocenters. The molecular weight excluding hydrogens is 616 g/mol. The van der Waals surface area contributed by atoms with Gasteiger partial charge in [-0.3, -0.25) is 13.9 Å². The third kappa shape index (κ3) is 6.93. The summed E-state index contributed by atoms with van der Waals surface area (Å²) in [6.07, 6.45) is -4.72. The molecular formula is C32H26F4N2O6S. The number of aliphatic carboxylic acids is 1. The highest BCUT2D eigenvalue weighted by Gasteiger charge is 2.42. The van der Waals surface area contributed by atoms with Crippen molar-refractivity contribution in [1.29, 1.82) is 0 Å². The zero-order chi connectivity index (χ0) is 32.4. The van der Waals surface area contributed by atoms with Crippen molar-refractivity contribution in [3.05, 3.63) is 114 Å². The second-order valence-electron chi connectivity index (χ2n) is 10.2. The Morgan fingerprint density at radius 3 is 2.31 bits per heavy atom. The summed E-state index contributed by atoms with van der Waals surface area (Å²) in [7, 11) is -4.35. The summed E-state index contributed by atoms with van der Waals surface area (Å²) in [5, 5.41) is 11.6. The number of carboxylic acid groups (broad SMARTS) is 1. The smallest absolute Gasteiger partial charge is 0.416 e. The Kier molecular flexibility index (Phi) is 8.82. The number of hydrogen-bond acceptors (Lipinski definition) is 5. The van der Waals surface area contributed by atoms with Crippen LogP contribution >= 0.6 is 0 Å². The van der Waals surface area contributed by atoms with Crippen LogP contribution in [-0.2, 0) is 38.6 Å². The molecule has 0 saturated heterocycles. The predicted octanol–water partition coefficient (Wildman–Crippen LogP) is 5.45. The van der Waals surface area contributed by atoms with E-state index in [1.807, 2.05) is 0 Å². The Bertz CT molecular complexity index is 1830. The lowest BCUT2D eigenvalue weighted by molar-refractivity contribution is -0.138. The number of nitrogens with one attached hydrogen (secondary N) is 1. The molecule has 234 valence electrons. The minimum atomic E-state index is -4.69. The number of fused-ring (bicyclic) bond motifs is 1. The Morgan fingerprint density at radius 2 is 1.64 bits per heavy atom. The fourth-order valence-corrected chi connectivity index (χ4v) is 6.69. The van der Waals surface area contributed by atoms with Gasteiger partial charge in [-0.15, -0.1) is 0 Å². The number of nitrogens with zero attached hydrogens (tertiary/aromatic N) is 1. The van der Waals surface area contributed by atoms with Crippen molar-refractivity contribution in [2.24, 2.45) is 0 Å². The molecule has 8 nitrogen and oxygen atoms in total. The van der Waals surface area contributed by atoms with Gasteiger partial charge >= 0.3 is 12.1 Å². The van der Waals surface area contributed by atoms with Crippen LogP contribution in [0.15, 0.2) is 95.9 Å². The summed E-state index contributed by atoms with van der Waals surface area (Å²) in [5.41, 5.74) is 0.200. The number of ether oxygens (including phenoxy) is 1. The fourth-order valence-electron chi connectivity index (χ4n) is 5.04. The topological polar surface area (TPSA) is 113 Å². The van der Waals surface area contributed by atoms with Crippen molar-refractivity contribution < 1.29 is 45.4 Å². The van der Waals surface area contributed by atoms with Crippen LogP contribution in [0.1, 0.15) is 16.7 Å². The second-order valence-corrected chi connectivity index (χ2v) is 12.0. The number of anilines is 1. The molecule has 0 spiro atoms. The fraction of sp³-hybridized carbons (Fsp3) is 0.188. The van der Waals surface area contributed by atoms with Crippen LogP contribution < -0.4 is 14.4 Å². The van der Waals surface area contributed by atoms with Gasteiger partial charge in [-0.2, -0.15) is 13.2 Å². The third-order valence-corrected chi connectivity index (χ3v) is 9.03. The zero-order valence-electron chi connectivity index (χ0n) is 23.4. The van der Waals surface area contributed by atoms with E-state index >= 15 is 0 Å². The van der Waals surface area contributed by atoms with E-state index in [1.54, 1.807) is 48.5 Å². The summed E-state index contributed by atoms with van der Waals surface area (Å²) in [6.45, 7) is 0.109. The molecule has 45 heavy (non-hydrogen) atoms. The van der Waals surface area contributed by atoms with Gasteiger partial charge in [-0.1, -0.05) is 42.5 Å². The molecule has 5 rings (SSSR count). The summed E-state index contributed by atoms with van der Waals surface area (Å²) in [6, 6.07) is 18.7. The van der Waals surface area contributed by atoms with Crippen molar-refractivity contribution in [3.8, 4) is 16.9 Å². The summed E-state index contributed by atoms with van der Waals surface area (Å²) >= 11 is 0. The van der Waals surface area contributed by atoms with E-state index in [4.69, 9.17) is 9.84 Å². The first-order valence-electron chi connectivity index (χ1n) is 13.7. The largest absolute Gasteiger partial charge is 0.492 e. The normalized spacial score (nSPS) is 14.6. The third-order valence-electron chi connectivity index (χ3n) is 7.19.